The molecule has 0 saturated heterocycles. The molecule has 0 unspecified atom stereocenters. The molecular weight excluding hydrogens is 248 g/mol. The Bertz CT molecular complexity index is 254. The molecule has 0 aromatic carbocycles. The highest BCUT2D eigenvalue weighted by Crippen LogP contribution is 2.33. The fourth-order valence-electron chi connectivity index (χ4n) is 3.37. The maximum atomic E-state index is 12.4. The van der Waals surface area contributed by atoms with Crippen LogP contribution in [0.3, 0.4) is 0 Å². The Labute approximate surface area is 125 Å². The molecule has 118 valence electrons. The van der Waals surface area contributed by atoms with Gasteiger partial charge in [0.15, 0.2) is 5.78 Å². The molecule has 0 radical (unpaired) electrons. The lowest BCUT2D eigenvalue weighted by molar-refractivity contribution is -0.145. The Balaban J connectivity index is 2.09. The number of ether oxygens (including phenoxy) is 1. The fourth-order valence-corrected chi connectivity index (χ4v) is 3.37. The zero-order valence-electron chi connectivity index (χ0n) is 13.7. The van der Waals surface area contributed by atoms with Crippen LogP contribution in [0.5, 0.6) is 0 Å². The molecule has 20 heavy (non-hydrogen) atoms. The van der Waals surface area contributed by atoms with Crippen LogP contribution < -0.4 is 0 Å². The van der Waals surface area contributed by atoms with E-state index < -0.39 is 5.60 Å². The minimum atomic E-state index is -0.417. The summed E-state index contributed by atoms with van der Waals surface area (Å²) < 4.78 is 5.61. The Kier molecular flexibility index (Phi) is 9.17. The van der Waals surface area contributed by atoms with Gasteiger partial charge in [0.25, 0.3) is 0 Å². The third kappa shape index (κ3) is 5.95. The molecule has 2 nitrogen and oxygen atoms in total. The molecular formula is C18H34O2. The second-order valence-corrected chi connectivity index (χ2v) is 6.41. The molecule has 0 aromatic rings. The SMILES string of the molecule is CCCCCCCCCCC(=O)C1(OC)CCCCC1. The van der Waals surface area contributed by atoms with Crippen LogP contribution in [0, 0.1) is 0 Å². The quantitative estimate of drug-likeness (QED) is 0.472. The Morgan fingerprint density at radius 3 is 2.00 bits per heavy atom. The van der Waals surface area contributed by atoms with E-state index in [1.165, 1.54) is 51.4 Å². The number of carbonyl (C=O) groups excluding carboxylic acids is 1. The van der Waals surface area contributed by atoms with Crippen molar-refractivity contribution in [1.82, 2.24) is 0 Å². The fraction of sp³-hybridized carbons (Fsp3) is 0.944. The van der Waals surface area contributed by atoms with Crippen molar-refractivity contribution < 1.29 is 9.53 Å². The predicted molar refractivity (Wildman–Crippen MR) is 85.1 cm³/mol. The van der Waals surface area contributed by atoms with Crippen molar-refractivity contribution in [2.24, 2.45) is 0 Å². The number of rotatable bonds is 11. The van der Waals surface area contributed by atoms with E-state index in [0.717, 1.165) is 38.5 Å². The summed E-state index contributed by atoms with van der Waals surface area (Å²) in [4.78, 5) is 12.4. The standard InChI is InChI=1S/C18H34O2/c1-3-4-5-6-7-8-9-11-14-17(19)18(20-2)15-12-10-13-16-18/h3-16H2,1-2H3. The summed E-state index contributed by atoms with van der Waals surface area (Å²) in [5.41, 5.74) is -0.417. The lowest BCUT2D eigenvalue weighted by Gasteiger charge is -2.34. The first-order valence-corrected chi connectivity index (χ1v) is 8.83. The molecule has 0 spiro atoms. The van der Waals surface area contributed by atoms with Crippen molar-refractivity contribution in [3.05, 3.63) is 0 Å². The van der Waals surface area contributed by atoms with Crippen LogP contribution in [0.2, 0.25) is 0 Å². The molecule has 2 heteroatoms. The van der Waals surface area contributed by atoms with E-state index in [9.17, 15) is 4.79 Å². The van der Waals surface area contributed by atoms with Crippen molar-refractivity contribution in [3.63, 3.8) is 0 Å². The first-order valence-electron chi connectivity index (χ1n) is 8.83. The molecule has 0 aliphatic heterocycles. The average Bonchev–Trinajstić information content (AvgIpc) is 2.50. The summed E-state index contributed by atoms with van der Waals surface area (Å²) in [6.07, 6.45) is 16.5. The average molecular weight is 282 g/mol. The van der Waals surface area contributed by atoms with Gasteiger partial charge in [0, 0.05) is 13.5 Å². The Hall–Kier alpha value is -0.370. The van der Waals surface area contributed by atoms with Crippen LogP contribution in [0.25, 0.3) is 0 Å². The monoisotopic (exact) mass is 282 g/mol. The van der Waals surface area contributed by atoms with Crippen molar-refractivity contribution in [3.8, 4) is 0 Å². The van der Waals surface area contributed by atoms with Gasteiger partial charge in [-0.1, -0.05) is 71.1 Å². The second-order valence-electron chi connectivity index (χ2n) is 6.41. The number of ketones is 1. The minimum absolute atomic E-state index is 0.366. The van der Waals surface area contributed by atoms with E-state index in [4.69, 9.17) is 4.74 Å². The third-order valence-corrected chi connectivity index (χ3v) is 4.82. The summed E-state index contributed by atoms with van der Waals surface area (Å²) >= 11 is 0. The Morgan fingerprint density at radius 2 is 1.45 bits per heavy atom. The summed E-state index contributed by atoms with van der Waals surface area (Å²) in [5.74, 6) is 0.366. The molecule has 0 heterocycles. The van der Waals surface area contributed by atoms with Gasteiger partial charge in [0.05, 0.1) is 0 Å². The van der Waals surface area contributed by atoms with Gasteiger partial charge in [0.2, 0.25) is 0 Å². The molecule has 1 rings (SSSR count). The molecule has 0 aromatic heterocycles. The van der Waals surface area contributed by atoms with Crippen LogP contribution in [0.4, 0.5) is 0 Å². The zero-order valence-corrected chi connectivity index (χ0v) is 13.7. The van der Waals surface area contributed by atoms with E-state index in [2.05, 4.69) is 6.92 Å². The predicted octanol–water partition coefficient (Wildman–Crippen LogP) is 5.44. The maximum absolute atomic E-state index is 12.4. The van der Waals surface area contributed by atoms with Crippen molar-refractivity contribution in [1.29, 1.82) is 0 Å². The van der Waals surface area contributed by atoms with Crippen LogP contribution in [0.1, 0.15) is 96.8 Å². The second kappa shape index (κ2) is 10.4. The van der Waals surface area contributed by atoms with Crippen LogP contribution in [-0.2, 0) is 9.53 Å². The highest BCUT2D eigenvalue weighted by Gasteiger charge is 2.38. The zero-order chi connectivity index (χ0) is 14.7. The van der Waals surface area contributed by atoms with E-state index >= 15 is 0 Å². The molecule has 0 atom stereocenters. The third-order valence-electron chi connectivity index (χ3n) is 4.82. The summed E-state index contributed by atoms with van der Waals surface area (Å²) in [5, 5.41) is 0. The first-order chi connectivity index (χ1) is 9.75. The summed E-state index contributed by atoms with van der Waals surface area (Å²) in [6, 6.07) is 0. The lowest BCUT2D eigenvalue weighted by Crippen LogP contribution is -2.42. The highest BCUT2D eigenvalue weighted by molar-refractivity contribution is 5.87. The lowest BCUT2D eigenvalue weighted by atomic mass is 9.80. The minimum Gasteiger partial charge on any atom is -0.370 e. The summed E-state index contributed by atoms with van der Waals surface area (Å²) in [7, 11) is 1.72. The van der Waals surface area contributed by atoms with Gasteiger partial charge in [-0.25, -0.2) is 0 Å². The Morgan fingerprint density at radius 1 is 0.900 bits per heavy atom. The smallest absolute Gasteiger partial charge is 0.164 e. The van der Waals surface area contributed by atoms with Crippen LogP contribution in [0.15, 0.2) is 0 Å². The van der Waals surface area contributed by atoms with E-state index in [1.54, 1.807) is 7.11 Å². The first kappa shape index (κ1) is 17.7. The van der Waals surface area contributed by atoms with Gasteiger partial charge in [-0.15, -0.1) is 0 Å². The van der Waals surface area contributed by atoms with E-state index in [0.29, 0.717) is 5.78 Å². The molecule has 1 fully saturated rings. The van der Waals surface area contributed by atoms with Gasteiger partial charge in [0.1, 0.15) is 5.60 Å². The molecule has 1 aliphatic rings. The van der Waals surface area contributed by atoms with Crippen molar-refractivity contribution >= 4 is 5.78 Å². The molecule has 1 aliphatic carbocycles. The van der Waals surface area contributed by atoms with Gasteiger partial charge in [-0.3, -0.25) is 4.79 Å². The molecule has 0 bridgehead atoms. The van der Waals surface area contributed by atoms with E-state index in [1.807, 2.05) is 0 Å². The number of Topliss-reactive ketones (excluding diaryl/α,β-unsaturated/α-hetero) is 1. The number of methoxy groups -OCH3 is 1. The molecule has 0 N–H and O–H groups in total. The van der Waals surface area contributed by atoms with E-state index in [-0.39, 0.29) is 0 Å². The van der Waals surface area contributed by atoms with Gasteiger partial charge in [-0.2, -0.15) is 0 Å². The van der Waals surface area contributed by atoms with Gasteiger partial charge >= 0.3 is 0 Å². The normalized spacial score (nSPS) is 18.1. The number of unbranched alkanes of at least 4 members (excludes halogenated alkanes) is 7. The topological polar surface area (TPSA) is 26.3 Å². The van der Waals surface area contributed by atoms with Crippen molar-refractivity contribution in [2.75, 3.05) is 7.11 Å². The highest BCUT2D eigenvalue weighted by atomic mass is 16.5. The van der Waals surface area contributed by atoms with Crippen LogP contribution in [-0.4, -0.2) is 18.5 Å². The van der Waals surface area contributed by atoms with Gasteiger partial charge < -0.3 is 4.74 Å². The summed E-state index contributed by atoms with van der Waals surface area (Å²) in [6.45, 7) is 2.25. The van der Waals surface area contributed by atoms with Gasteiger partial charge in [-0.05, 0) is 19.3 Å². The van der Waals surface area contributed by atoms with Crippen LogP contribution >= 0.6 is 0 Å². The molecule has 0 amide bonds. The molecule has 1 saturated carbocycles. The number of hydrogen-bond donors (Lipinski definition) is 0. The maximum Gasteiger partial charge on any atom is 0.164 e. The number of hydrogen-bond acceptors (Lipinski definition) is 2. The number of carbonyl (C=O) groups is 1. The largest absolute Gasteiger partial charge is 0.370 e. The van der Waals surface area contributed by atoms with Crippen molar-refractivity contribution in [2.45, 2.75) is 102 Å².